The molecule has 1 saturated heterocycles. The largest absolute Gasteiger partial charge is 0.305 e. The van der Waals surface area contributed by atoms with E-state index in [9.17, 15) is 0 Å². The normalized spacial score (nSPS) is 18.1. The Morgan fingerprint density at radius 2 is 1.94 bits per heavy atom. The molecule has 0 bridgehead atoms. The first-order chi connectivity index (χ1) is 8.40. The van der Waals surface area contributed by atoms with Gasteiger partial charge in [-0.1, -0.05) is 36.4 Å². The van der Waals surface area contributed by atoms with Crippen LogP contribution in [0.4, 0.5) is 0 Å². The molecule has 2 nitrogen and oxygen atoms in total. The molecule has 0 amide bonds. The Morgan fingerprint density at radius 1 is 1.24 bits per heavy atom. The van der Waals surface area contributed by atoms with Crippen molar-refractivity contribution in [2.45, 2.75) is 18.9 Å². The highest BCUT2D eigenvalue weighted by molar-refractivity contribution is 5.19. The third-order valence-electron chi connectivity index (χ3n) is 3.35. The second-order valence-electron chi connectivity index (χ2n) is 4.67. The Morgan fingerprint density at radius 3 is 2.59 bits per heavy atom. The summed E-state index contributed by atoms with van der Waals surface area (Å²) in [6, 6.07) is 11.1. The van der Waals surface area contributed by atoms with Gasteiger partial charge in [-0.15, -0.1) is 6.58 Å². The summed E-state index contributed by atoms with van der Waals surface area (Å²) in [5, 5.41) is 3.55. The van der Waals surface area contributed by atoms with Gasteiger partial charge in [0.25, 0.3) is 0 Å². The molecule has 0 aromatic heterocycles. The van der Waals surface area contributed by atoms with Crippen LogP contribution in [0.25, 0.3) is 0 Å². The third-order valence-corrected chi connectivity index (χ3v) is 3.35. The van der Waals surface area contributed by atoms with Gasteiger partial charge in [0, 0.05) is 19.1 Å². The van der Waals surface area contributed by atoms with E-state index < -0.39 is 0 Å². The van der Waals surface area contributed by atoms with E-state index in [4.69, 9.17) is 0 Å². The highest BCUT2D eigenvalue weighted by Gasteiger charge is 2.17. The molecule has 0 spiro atoms. The molecule has 1 unspecified atom stereocenters. The molecule has 1 aromatic carbocycles. The standard InChI is InChI=1S/C15H22N2/c1-2-10-16-15(13-17-11-6-7-12-17)14-8-4-3-5-9-14/h2-5,8-9,15-16H,1,6-7,10-13H2. The van der Waals surface area contributed by atoms with Crippen LogP contribution in [0, 0.1) is 0 Å². The SMILES string of the molecule is C=CCNC(CN1CCCC1)c1ccccc1. The second kappa shape index (κ2) is 6.58. The van der Waals surface area contributed by atoms with Crippen LogP contribution >= 0.6 is 0 Å². The van der Waals surface area contributed by atoms with Crippen molar-refractivity contribution in [3.63, 3.8) is 0 Å². The van der Waals surface area contributed by atoms with E-state index in [1.54, 1.807) is 0 Å². The van der Waals surface area contributed by atoms with Crippen LogP contribution < -0.4 is 5.32 Å². The van der Waals surface area contributed by atoms with E-state index >= 15 is 0 Å². The molecule has 1 aliphatic rings. The number of hydrogen-bond donors (Lipinski definition) is 1. The smallest absolute Gasteiger partial charge is 0.0451 e. The van der Waals surface area contributed by atoms with Crippen molar-refractivity contribution in [3.05, 3.63) is 48.6 Å². The summed E-state index contributed by atoms with van der Waals surface area (Å²) in [7, 11) is 0. The van der Waals surface area contributed by atoms with Crippen molar-refractivity contribution in [1.29, 1.82) is 0 Å². The molecule has 1 fully saturated rings. The van der Waals surface area contributed by atoms with Crippen LogP contribution in [-0.2, 0) is 0 Å². The van der Waals surface area contributed by atoms with Gasteiger partial charge < -0.3 is 10.2 Å². The summed E-state index contributed by atoms with van der Waals surface area (Å²) in [4.78, 5) is 2.55. The molecule has 1 aliphatic heterocycles. The van der Waals surface area contributed by atoms with E-state index in [1.807, 2.05) is 6.08 Å². The predicted octanol–water partition coefficient (Wildman–Crippen LogP) is 2.60. The molecule has 0 radical (unpaired) electrons. The van der Waals surface area contributed by atoms with E-state index in [-0.39, 0.29) is 0 Å². The van der Waals surface area contributed by atoms with Crippen molar-refractivity contribution in [1.82, 2.24) is 10.2 Å². The average Bonchev–Trinajstić information content (AvgIpc) is 2.88. The van der Waals surface area contributed by atoms with Gasteiger partial charge in [-0.2, -0.15) is 0 Å². The number of likely N-dealkylation sites (tertiary alicyclic amines) is 1. The van der Waals surface area contributed by atoms with Gasteiger partial charge in [0.2, 0.25) is 0 Å². The summed E-state index contributed by atoms with van der Waals surface area (Å²) in [5.41, 5.74) is 1.38. The fourth-order valence-corrected chi connectivity index (χ4v) is 2.42. The van der Waals surface area contributed by atoms with E-state index in [2.05, 4.69) is 47.1 Å². The topological polar surface area (TPSA) is 15.3 Å². The zero-order chi connectivity index (χ0) is 11.9. The molecular weight excluding hydrogens is 208 g/mol. The quantitative estimate of drug-likeness (QED) is 0.756. The van der Waals surface area contributed by atoms with Crippen LogP contribution in [0.2, 0.25) is 0 Å². The lowest BCUT2D eigenvalue weighted by atomic mass is 10.1. The molecule has 1 heterocycles. The summed E-state index contributed by atoms with van der Waals surface area (Å²) < 4.78 is 0. The van der Waals surface area contributed by atoms with Crippen molar-refractivity contribution in [3.8, 4) is 0 Å². The van der Waals surface area contributed by atoms with Crippen molar-refractivity contribution in [2.24, 2.45) is 0 Å². The maximum Gasteiger partial charge on any atom is 0.0451 e. The van der Waals surface area contributed by atoms with Gasteiger partial charge in [0.05, 0.1) is 0 Å². The van der Waals surface area contributed by atoms with E-state index in [1.165, 1.54) is 31.5 Å². The first kappa shape index (κ1) is 12.3. The van der Waals surface area contributed by atoms with Gasteiger partial charge >= 0.3 is 0 Å². The molecule has 1 N–H and O–H groups in total. The van der Waals surface area contributed by atoms with Crippen molar-refractivity contribution in [2.75, 3.05) is 26.2 Å². The number of hydrogen-bond acceptors (Lipinski definition) is 2. The highest BCUT2D eigenvalue weighted by atomic mass is 15.2. The Bertz CT molecular complexity index is 328. The zero-order valence-corrected chi connectivity index (χ0v) is 10.4. The fraction of sp³-hybridized carbons (Fsp3) is 0.467. The highest BCUT2D eigenvalue weighted by Crippen LogP contribution is 2.17. The molecule has 2 heteroatoms. The molecule has 17 heavy (non-hydrogen) atoms. The summed E-state index contributed by atoms with van der Waals surface area (Å²) >= 11 is 0. The zero-order valence-electron chi connectivity index (χ0n) is 10.4. The molecule has 1 atom stereocenters. The van der Waals surface area contributed by atoms with Crippen molar-refractivity contribution < 1.29 is 0 Å². The lowest BCUT2D eigenvalue weighted by Crippen LogP contribution is -2.33. The van der Waals surface area contributed by atoms with Gasteiger partial charge in [-0.25, -0.2) is 0 Å². The minimum atomic E-state index is 0.423. The second-order valence-corrected chi connectivity index (χ2v) is 4.67. The Hall–Kier alpha value is -1.12. The van der Waals surface area contributed by atoms with Gasteiger partial charge in [-0.05, 0) is 31.5 Å². The third kappa shape index (κ3) is 3.69. The Balaban J connectivity index is 1.99. The molecule has 92 valence electrons. The molecule has 1 aromatic rings. The van der Waals surface area contributed by atoms with Crippen LogP contribution in [-0.4, -0.2) is 31.1 Å². The molecular formula is C15H22N2. The lowest BCUT2D eigenvalue weighted by molar-refractivity contribution is 0.296. The first-order valence-corrected chi connectivity index (χ1v) is 6.52. The van der Waals surface area contributed by atoms with Crippen LogP contribution in [0.1, 0.15) is 24.4 Å². The van der Waals surface area contributed by atoms with Crippen LogP contribution in [0.5, 0.6) is 0 Å². The minimum absolute atomic E-state index is 0.423. The maximum absolute atomic E-state index is 3.78. The van der Waals surface area contributed by atoms with Crippen molar-refractivity contribution >= 4 is 0 Å². The van der Waals surface area contributed by atoms with E-state index in [0.29, 0.717) is 6.04 Å². The maximum atomic E-state index is 3.78. The number of benzene rings is 1. The minimum Gasteiger partial charge on any atom is -0.305 e. The van der Waals surface area contributed by atoms with Crippen LogP contribution in [0.3, 0.4) is 0 Å². The summed E-state index contributed by atoms with van der Waals surface area (Å²) in [6.45, 7) is 8.26. The van der Waals surface area contributed by atoms with Crippen LogP contribution in [0.15, 0.2) is 43.0 Å². The predicted molar refractivity (Wildman–Crippen MR) is 73.1 cm³/mol. The lowest BCUT2D eigenvalue weighted by Gasteiger charge is -2.24. The molecule has 0 aliphatic carbocycles. The first-order valence-electron chi connectivity index (χ1n) is 6.52. The van der Waals surface area contributed by atoms with E-state index in [0.717, 1.165) is 13.1 Å². The monoisotopic (exact) mass is 230 g/mol. The number of rotatable bonds is 6. The number of nitrogens with zero attached hydrogens (tertiary/aromatic N) is 1. The van der Waals surface area contributed by atoms with Gasteiger partial charge in [0.1, 0.15) is 0 Å². The molecule has 0 saturated carbocycles. The van der Waals surface area contributed by atoms with Gasteiger partial charge in [0.15, 0.2) is 0 Å². The average molecular weight is 230 g/mol. The summed E-state index contributed by atoms with van der Waals surface area (Å²) in [6.07, 6.45) is 4.63. The fourth-order valence-electron chi connectivity index (χ4n) is 2.42. The molecule has 2 rings (SSSR count). The Kier molecular flexibility index (Phi) is 4.77. The summed E-state index contributed by atoms with van der Waals surface area (Å²) in [5.74, 6) is 0. The Labute approximate surface area is 104 Å². The number of nitrogens with one attached hydrogen (secondary N) is 1. The van der Waals surface area contributed by atoms with Gasteiger partial charge in [-0.3, -0.25) is 0 Å².